The van der Waals surface area contributed by atoms with Crippen molar-refractivity contribution < 1.29 is 9.32 Å². The number of thiophene rings is 1. The van der Waals surface area contributed by atoms with Gasteiger partial charge in [0.2, 0.25) is 0 Å². The van der Waals surface area contributed by atoms with Gasteiger partial charge in [0.05, 0.1) is 22.3 Å². The molecule has 1 amide bonds. The highest BCUT2D eigenvalue weighted by Gasteiger charge is 2.29. The van der Waals surface area contributed by atoms with Gasteiger partial charge in [-0.1, -0.05) is 12.1 Å². The molecule has 0 aliphatic carbocycles. The summed E-state index contributed by atoms with van der Waals surface area (Å²) in [4.78, 5) is 22.3. The Bertz CT molecular complexity index is 1020. The first-order valence-corrected chi connectivity index (χ1v) is 10.1. The van der Waals surface area contributed by atoms with Crippen LogP contribution in [0.1, 0.15) is 39.2 Å². The van der Waals surface area contributed by atoms with Crippen molar-refractivity contribution >= 4 is 28.3 Å². The Morgan fingerprint density at radius 1 is 1.33 bits per heavy atom. The first kappa shape index (κ1) is 18.1. The number of hydrogen-bond donors (Lipinski definition) is 1. The summed E-state index contributed by atoms with van der Waals surface area (Å²) in [5.74, 6) is 0.281. The van der Waals surface area contributed by atoms with Crippen LogP contribution >= 0.6 is 11.3 Å². The van der Waals surface area contributed by atoms with Crippen LogP contribution in [0.4, 0.5) is 0 Å². The van der Waals surface area contributed by atoms with Gasteiger partial charge in [-0.25, -0.2) is 4.98 Å². The molecule has 27 heavy (non-hydrogen) atoms. The number of carbonyl (C=O) groups is 1. The lowest BCUT2D eigenvalue weighted by atomic mass is 9.94. The highest BCUT2D eigenvalue weighted by atomic mass is 32.1. The molecule has 3 aromatic rings. The quantitative estimate of drug-likeness (QED) is 0.728. The van der Waals surface area contributed by atoms with E-state index in [1.165, 1.54) is 9.75 Å². The molecule has 0 spiro atoms. The van der Waals surface area contributed by atoms with E-state index in [2.05, 4.69) is 37.0 Å². The first-order valence-electron chi connectivity index (χ1n) is 9.24. The third kappa shape index (κ3) is 3.15. The number of aryl methyl sites for hydroxylation is 3. The zero-order valence-corrected chi connectivity index (χ0v) is 16.9. The third-order valence-electron chi connectivity index (χ3n) is 5.42. The number of likely N-dealkylation sites (tertiary alicyclic amines) is 1. The molecule has 6 nitrogen and oxygen atoms in total. The number of carbonyl (C=O) groups excluding carboxylic acids is 1. The number of fused-ring (bicyclic) bond motifs is 1. The molecule has 1 aliphatic heterocycles. The van der Waals surface area contributed by atoms with Gasteiger partial charge in [0.25, 0.3) is 11.6 Å². The summed E-state index contributed by atoms with van der Waals surface area (Å²) in [5.41, 5.74) is 9.63. The van der Waals surface area contributed by atoms with E-state index in [0.29, 0.717) is 35.4 Å². The largest absolute Gasteiger partial charge is 0.338 e. The van der Waals surface area contributed by atoms with Crippen molar-refractivity contribution in [2.24, 2.45) is 11.7 Å². The highest BCUT2D eigenvalue weighted by molar-refractivity contribution is 7.12. The average molecular weight is 385 g/mol. The Balaban J connectivity index is 1.82. The van der Waals surface area contributed by atoms with Crippen LogP contribution in [0, 0.1) is 26.7 Å². The number of nitrogens with two attached hydrogens (primary N) is 1. The number of amides is 1. The van der Waals surface area contributed by atoms with Crippen LogP contribution in [0.25, 0.3) is 22.4 Å². The SMILES string of the molecule is Cc1cc(-c2cc(C(=O)N3CCC(N)C(C)C3)c3c(C)noc3n2)c(C)s1. The Labute approximate surface area is 162 Å². The molecule has 0 saturated carbocycles. The van der Waals surface area contributed by atoms with Gasteiger partial charge < -0.3 is 15.2 Å². The first-order chi connectivity index (χ1) is 12.8. The van der Waals surface area contributed by atoms with Crippen LogP contribution in [-0.4, -0.2) is 40.1 Å². The lowest BCUT2D eigenvalue weighted by molar-refractivity contribution is 0.0666. The van der Waals surface area contributed by atoms with Crippen LogP contribution in [0.5, 0.6) is 0 Å². The average Bonchev–Trinajstić information content (AvgIpc) is 3.18. The predicted octanol–water partition coefficient (Wildman–Crippen LogP) is 3.69. The fourth-order valence-corrected chi connectivity index (χ4v) is 4.74. The minimum atomic E-state index is -0.00157. The monoisotopic (exact) mass is 384 g/mol. The molecule has 3 aromatic heterocycles. The lowest BCUT2D eigenvalue weighted by Gasteiger charge is -2.35. The van der Waals surface area contributed by atoms with Crippen LogP contribution < -0.4 is 5.73 Å². The van der Waals surface area contributed by atoms with Gasteiger partial charge in [-0.2, -0.15) is 0 Å². The summed E-state index contributed by atoms with van der Waals surface area (Å²) in [6, 6.07) is 4.15. The van der Waals surface area contributed by atoms with Crippen LogP contribution in [0.3, 0.4) is 0 Å². The summed E-state index contributed by atoms with van der Waals surface area (Å²) in [5, 5.41) is 4.75. The van der Waals surface area contributed by atoms with Gasteiger partial charge in [0, 0.05) is 34.4 Å². The molecule has 142 valence electrons. The van der Waals surface area contributed by atoms with Crippen molar-refractivity contribution in [1.29, 1.82) is 0 Å². The minimum Gasteiger partial charge on any atom is -0.338 e. The second-order valence-electron chi connectivity index (χ2n) is 7.51. The number of pyridine rings is 1. The standard InChI is InChI=1S/C20H24N4O2S/c1-10-9-24(6-5-16(10)21)20(25)15-8-17(14-7-11(2)27-13(14)4)22-19-18(15)12(3)23-26-19/h7-8,10,16H,5-6,9,21H2,1-4H3. The molecule has 1 aliphatic rings. The molecular formula is C20H24N4O2S. The molecule has 0 radical (unpaired) electrons. The number of hydrogen-bond acceptors (Lipinski definition) is 6. The van der Waals surface area contributed by atoms with Crippen molar-refractivity contribution in [2.75, 3.05) is 13.1 Å². The summed E-state index contributed by atoms with van der Waals surface area (Å²) in [7, 11) is 0. The number of piperidine rings is 1. The molecule has 7 heteroatoms. The molecule has 0 bridgehead atoms. The van der Waals surface area contributed by atoms with Crippen LogP contribution in [0.15, 0.2) is 16.7 Å². The second-order valence-corrected chi connectivity index (χ2v) is 8.97. The van der Waals surface area contributed by atoms with E-state index in [4.69, 9.17) is 10.3 Å². The normalized spacial score (nSPS) is 20.4. The van der Waals surface area contributed by atoms with Crippen LogP contribution in [0.2, 0.25) is 0 Å². The van der Waals surface area contributed by atoms with Crippen molar-refractivity contribution in [2.45, 2.75) is 40.2 Å². The smallest absolute Gasteiger partial charge is 0.259 e. The summed E-state index contributed by atoms with van der Waals surface area (Å²) >= 11 is 1.72. The Hall–Kier alpha value is -2.25. The maximum absolute atomic E-state index is 13.4. The lowest BCUT2D eigenvalue weighted by Crippen LogP contribution is -2.48. The van der Waals surface area contributed by atoms with Gasteiger partial charge >= 0.3 is 0 Å². The van der Waals surface area contributed by atoms with E-state index < -0.39 is 0 Å². The van der Waals surface area contributed by atoms with E-state index in [1.54, 1.807) is 11.3 Å². The van der Waals surface area contributed by atoms with E-state index in [1.807, 2.05) is 17.9 Å². The molecule has 2 atom stereocenters. The van der Waals surface area contributed by atoms with Crippen LogP contribution in [-0.2, 0) is 0 Å². The van der Waals surface area contributed by atoms with Crippen molar-refractivity contribution in [1.82, 2.24) is 15.0 Å². The Kier molecular flexibility index (Phi) is 4.52. The van der Waals surface area contributed by atoms with Crippen molar-refractivity contribution in [3.63, 3.8) is 0 Å². The maximum atomic E-state index is 13.4. The molecule has 1 fully saturated rings. The highest BCUT2D eigenvalue weighted by Crippen LogP contribution is 2.33. The van der Waals surface area contributed by atoms with Crippen molar-refractivity contribution in [3.05, 3.63) is 33.1 Å². The van der Waals surface area contributed by atoms with E-state index in [0.717, 1.165) is 17.7 Å². The molecule has 1 saturated heterocycles. The summed E-state index contributed by atoms with van der Waals surface area (Å²) in [6.45, 7) is 9.42. The maximum Gasteiger partial charge on any atom is 0.259 e. The Morgan fingerprint density at radius 2 is 2.11 bits per heavy atom. The predicted molar refractivity (Wildman–Crippen MR) is 107 cm³/mol. The Morgan fingerprint density at radius 3 is 2.78 bits per heavy atom. The zero-order chi connectivity index (χ0) is 19.3. The molecule has 4 rings (SSSR count). The van der Waals surface area contributed by atoms with E-state index in [-0.39, 0.29) is 17.9 Å². The molecule has 2 unspecified atom stereocenters. The van der Waals surface area contributed by atoms with Gasteiger partial charge in [-0.15, -0.1) is 11.3 Å². The van der Waals surface area contributed by atoms with E-state index >= 15 is 0 Å². The second kappa shape index (κ2) is 6.73. The number of rotatable bonds is 2. The zero-order valence-electron chi connectivity index (χ0n) is 16.1. The van der Waals surface area contributed by atoms with Gasteiger partial charge in [0.15, 0.2) is 0 Å². The minimum absolute atomic E-state index is 0.00157. The summed E-state index contributed by atoms with van der Waals surface area (Å²) < 4.78 is 5.43. The molecule has 2 N–H and O–H groups in total. The van der Waals surface area contributed by atoms with Crippen molar-refractivity contribution in [3.8, 4) is 11.3 Å². The number of nitrogens with zero attached hydrogens (tertiary/aromatic N) is 3. The van der Waals surface area contributed by atoms with Gasteiger partial charge in [-0.05, 0) is 45.2 Å². The molecule has 0 aromatic carbocycles. The topological polar surface area (TPSA) is 85.2 Å². The third-order valence-corrected chi connectivity index (χ3v) is 6.39. The number of aromatic nitrogens is 2. The fourth-order valence-electron chi connectivity index (χ4n) is 3.81. The van der Waals surface area contributed by atoms with E-state index in [9.17, 15) is 4.79 Å². The summed E-state index contributed by atoms with van der Waals surface area (Å²) in [6.07, 6.45) is 0.819. The van der Waals surface area contributed by atoms with Gasteiger partial charge in [0.1, 0.15) is 0 Å². The van der Waals surface area contributed by atoms with Gasteiger partial charge in [-0.3, -0.25) is 4.79 Å². The molecular weight excluding hydrogens is 360 g/mol. The molecule has 4 heterocycles. The fraction of sp³-hybridized carbons (Fsp3) is 0.450.